The van der Waals surface area contributed by atoms with Gasteiger partial charge in [-0.05, 0) is 30.7 Å². The summed E-state index contributed by atoms with van der Waals surface area (Å²) >= 11 is 0. The summed E-state index contributed by atoms with van der Waals surface area (Å²) in [6, 6.07) is 6.97. The first kappa shape index (κ1) is 17.4. The quantitative estimate of drug-likeness (QED) is 0.897. The molecule has 1 N–H and O–H groups in total. The van der Waals surface area contributed by atoms with Crippen LogP contribution in [0.25, 0.3) is 0 Å². The molecule has 2 aromatic rings. The van der Waals surface area contributed by atoms with Crippen molar-refractivity contribution in [3.8, 4) is 0 Å². The molecule has 0 saturated carbocycles. The van der Waals surface area contributed by atoms with Crippen LogP contribution in [-0.2, 0) is 14.8 Å². The van der Waals surface area contributed by atoms with Crippen LogP contribution in [0.5, 0.6) is 0 Å². The largest absolute Gasteiger partial charge is 0.308 e. The molecule has 25 heavy (non-hydrogen) atoms. The Morgan fingerprint density at radius 2 is 1.56 bits per heavy atom. The number of halogens is 3. The molecule has 5 nitrogen and oxygen atoms in total. The molecule has 0 spiro atoms. The molecule has 132 valence electrons. The van der Waals surface area contributed by atoms with Crippen molar-refractivity contribution in [3.05, 3.63) is 59.9 Å². The molecule has 1 amide bonds. The number of carbonyl (C=O) groups excluding carboxylic acids is 1. The molecule has 1 heterocycles. The van der Waals surface area contributed by atoms with Crippen molar-refractivity contribution in [2.45, 2.75) is 17.4 Å². The van der Waals surface area contributed by atoms with Gasteiger partial charge in [0, 0.05) is 6.54 Å². The maximum absolute atomic E-state index is 13.8. The first-order chi connectivity index (χ1) is 11.8. The topological polar surface area (TPSA) is 66.5 Å². The van der Waals surface area contributed by atoms with Crippen molar-refractivity contribution >= 4 is 21.6 Å². The summed E-state index contributed by atoms with van der Waals surface area (Å²) < 4.78 is 67.7. The van der Waals surface area contributed by atoms with Gasteiger partial charge in [0.2, 0.25) is 15.9 Å². The number of benzene rings is 2. The third-order valence-electron chi connectivity index (χ3n) is 3.83. The van der Waals surface area contributed by atoms with E-state index in [0.717, 1.165) is 23.1 Å². The lowest BCUT2D eigenvalue weighted by Gasteiger charge is -2.18. The Hall–Kier alpha value is -2.39. The molecule has 2 aromatic carbocycles. The molecule has 3 rings (SSSR count). The van der Waals surface area contributed by atoms with Gasteiger partial charge in [-0.3, -0.25) is 4.79 Å². The summed E-state index contributed by atoms with van der Waals surface area (Å²) in [6.07, 6.45) is 0.0441. The zero-order valence-corrected chi connectivity index (χ0v) is 13.6. The lowest BCUT2D eigenvalue weighted by molar-refractivity contribution is -0.118. The predicted octanol–water partition coefficient (Wildman–Crippen LogP) is 2.19. The van der Waals surface area contributed by atoms with E-state index in [2.05, 4.69) is 0 Å². The number of para-hydroxylation sites is 1. The number of nitrogens with zero attached hydrogens (tertiary/aromatic N) is 1. The maximum Gasteiger partial charge on any atom is 0.247 e. The van der Waals surface area contributed by atoms with E-state index in [1.165, 1.54) is 24.3 Å². The monoisotopic (exact) mass is 370 g/mol. The van der Waals surface area contributed by atoms with Crippen molar-refractivity contribution in [1.82, 2.24) is 4.72 Å². The molecule has 1 aliphatic rings. The highest BCUT2D eigenvalue weighted by Crippen LogP contribution is 2.26. The molecular weight excluding hydrogens is 357 g/mol. The number of rotatable bonds is 4. The van der Waals surface area contributed by atoms with Gasteiger partial charge in [-0.1, -0.05) is 18.2 Å². The van der Waals surface area contributed by atoms with E-state index in [4.69, 9.17) is 0 Å². The maximum atomic E-state index is 13.8. The minimum absolute atomic E-state index is 0.0197. The van der Waals surface area contributed by atoms with E-state index in [1.54, 1.807) is 0 Å². The van der Waals surface area contributed by atoms with E-state index in [9.17, 15) is 26.4 Å². The third kappa shape index (κ3) is 3.24. The molecule has 1 aliphatic heterocycles. The van der Waals surface area contributed by atoms with E-state index in [0.29, 0.717) is 0 Å². The zero-order chi connectivity index (χ0) is 18.2. The zero-order valence-electron chi connectivity index (χ0n) is 12.7. The Bertz CT molecular complexity index is 914. The minimum Gasteiger partial charge on any atom is -0.308 e. The standard InChI is InChI=1S/C16H13F3N2O3S/c17-10-4-1-2-7-14(10)21-9-8-13(16(21)22)20-25(23,24)15-11(18)5-3-6-12(15)19/h1-7,13,20H,8-9H2. The number of carbonyl (C=O) groups is 1. The number of sulfonamides is 1. The normalized spacial score (nSPS) is 18.0. The summed E-state index contributed by atoms with van der Waals surface area (Å²) in [5.41, 5.74) is 0.0197. The van der Waals surface area contributed by atoms with Crippen molar-refractivity contribution < 1.29 is 26.4 Å². The van der Waals surface area contributed by atoms with Crippen LogP contribution < -0.4 is 9.62 Å². The molecule has 0 radical (unpaired) electrons. The van der Waals surface area contributed by atoms with Crippen LogP contribution in [0.1, 0.15) is 6.42 Å². The van der Waals surface area contributed by atoms with E-state index in [1.807, 2.05) is 4.72 Å². The lowest BCUT2D eigenvalue weighted by Crippen LogP contribution is -2.42. The van der Waals surface area contributed by atoms with Gasteiger partial charge < -0.3 is 4.90 Å². The van der Waals surface area contributed by atoms with Crippen LogP contribution in [-0.4, -0.2) is 26.9 Å². The fourth-order valence-electron chi connectivity index (χ4n) is 2.68. The SMILES string of the molecule is O=C1C(NS(=O)(=O)c2c(F)cccc2F)CCN1c1ccccc1F. The average Bonchev–Trinajstić information content (AvgIpc) is 2.88. The minimum atomic E-state index is -4.59. The molecule has 1 atom stereocenters. The first-order valence-electron chi connectivity index (χ1n) is 7.33. The number of hydrogen-bond donors (Lipinski definition) is 1. The molecular formula is C16H13F3N2O3S. The fraction of sp³-hybridized carbons (Fsp3) is 0.188. The summed E-state index contributed by atoms with van der Waals surface area (Å²) in [5, 5.41) is 0. The Kier molecular flexibility index (Phi) is 4.53. The highest BCUT2D eigenvalue weighted by molar-refractivity contribution is 7.89. The number of anilines is 1. The Morgan fingerprint density at radius 1 is 0.960 bits per heavy atom. The van der Waals surface area contributed by atoms with Gasteiger partial charge in [0.1, 0.15) is 23.5 Å². The van der Waals surface area contributed by atoms with Crippen molar-refractivity contribution in [1.29, 1.82) is 0 Å². The van der Waals surface area contributed by atoms with Crippen molar-refractivity contribution in [2.75, 3.05) is 11.4 Å². The summed E-state index contributed by atoms with van der Waals surface area (Å²) in [7, 11) is -4.59. The van der Waals surface area contributed by atoms with Crippen LogP contribution in [0.15, 0.2) is 47.4 Å². The van der Waals surface area contributed by atoms with Crippen molar-refractivity contribution in [3.63, 3.8) is 0 Å². The number of nitrogens with one attached hydrogen (secondary N) is 1. The predicted molar refractivity (Wildman–Crippen MR) is 83.8 cm³/mol. The number of amides is 1. The third-order valence-corrected chi connectivity index (χ3v) is 5.36. The highest BCUT2D eigenvalue weighted by atomic mass is 32.2. The van der Waals surface area contributed by atoms with Gasteiger partial charge >= 0.3 is 0 Å². The van der Waals surface area contributed by atoms with Gasteiger partial charge in [-0.2, -0.15) is 4.72 Å². The van der Waals surface area contributed by atoms with E-state index < -0.39 is 44.3 Å². The molecule has 1 unspecified atom stereocenters. The second-order valence-electron chi connectivity index (χ2n) is 5.45. The van der Waals surface area contributed by atoms with E-state index in [-0.39, 0.29) is 18.7 Å². The van der Waals surface area contributed by atoms with Crippen LogP contribution in [0.4, 0.5) is 18.9 Å². The average molecular weight is 370 g/mol. The highest BCUT2D eigenvalue weighted by Gasteiger charge is 2.37. The number of hydrogen-bond acceptors (Lipinski definition) is 3. The lowest BCUT2D eigenvalue weighted by atomic mass is 10.2. The fourth-order valence-corrected chi connectivity index (χ4v) is 4.05. The second-order valence-corrected chi connectivity index (χ2v) is 7.11. The summed E-state index contributed by atoms with van der Waals surface area (Å²) in [6.45, 7) is 0.0761. The van der Waals surface area contributed by atoms with Gasteiger partial charge in [-0.25, -0.2) is 21.6 Å². The molecule has 0 aromatic heterocycles. The van der Waals surface area contributed by atoms with Gasteiger partial charge in [0.05, 0.1) is 5.69 Å². The molecule has 1 saturated heterocycles. The van der Waals surface area contributed by atoms with Crippen molar-refractivity contribution in [2.24, 2.45) is 0 Å². The second kappa shape index (κ2) is 6.49. The Morgan fingerprint density at radius 3 is 2.20 bits per heavy atom. The first-order valence-corrected chi connectivity index (χ1v) is 8.82. The molecule has 9 heteroatoms. The van der Waals surface area contributed by atoms with Crippen LogP contribution in [0.3, 0.4) is 0 Å². The van der Waals surface area contributed by atoms with E-state index >= 15 is 0 Å². The smallest absolute Gasteiger partial charge is 0.247 e. The molecule has 0 bridgehead atoms. The van der Waals surface area contributed by atoms with Crippen LogP contribution in [0.2, 0.25) is 0 Å². The van der Waals surface area contributed by atoms with Gasteiger partial charge in [0.25, 0.3) is 0 Å². The Labute approximate surface area is 142 Å². The van der Waals surface area contributed by atoms with Crippen LogP contribution >= 0.6 is 0 Å². The molecule has 0 aliphatic carbocycles. The summed E-state index contributed by atoms with van der Waals surface area (Å²) in [4.78, 5) is 12.3. The van der Waals surface area contributed by atoms with Gasteiger partial charge in [-0.15, -0.1) is 0 Å². The Balaban J connectivity index is 1.85. The van der Waals surface area contributed by atoms with Gasteiger partial charge in [0.15, 0.2) is 4.90 Å². The van der Waals surface area contributed by atoms with Crippen LogP contribution in [0, 0.1) is 17.5 Å². The molecule has 1 fully saturated rings. The summed E-state index contributed by atoms with van der Waals surface area (Å²) in [5.74, 6) is -3.84.